The van der Waals surface area contributed by atoms with Crippen molar-refractivity contribution in [3.63, 3.8) is 0 Å². The third kappa shape index (κ3) is 3.46. The highest BCUT2D eigenvalue weighted by Gasteiger charge is 2.22. The Bertz CT molecular complexity index is 849. The SMILES string of the molecule is COc1ccc(/C=C2\SC(c3ccc(C(C)=O)cc3)=NC2=O)cc1. The van der Waals surface area contributed by atoms with Gasteiger partial charge in [-0.3, -0.25) is 9.59 Å². The molecule has 0 radical (unpaired) electrons. The lowest BCUT2D eigenvalue weighted by Gasteiger charge is -2.01. The number of carbonyl (C=O) groups excluding carboxylic acids is 2. The molecule has 0 saturated heterocycles. The molecule has 0 atom stereocenters. The van der Waals surface area contributed by atoms with E-state index in [0.717, 1.165) is 16.9 Å². The zero-order chi connectivity index (χ0) is 17.1. The van der Waals surface area contributed by atoms with Crippen LogP contribution in [0.2, 0.25) is 0 Å². The maximum atomic E-state index is 12.1. The van der Waals surface area contributed by atoms with Crippen molar-refractivity contribution in [3.05, 3.63) is 70.1 Å². The van der Waals surface area contributed by atoms with E-state index in [4.69, 9.17) is 4.74 Å². The zero-order valence-corrected chi connectivity index (χ0v) is 14.1. The fourth-order valence-electron chi connectivity index (χ4n) is 2.23. The van der Waals surface area contributed by atoms with Gasteiger partial charge < -0.3 is 4.74 Å². The Balaban J connectivity index is 1.79. The van der Waals surface area contributed by atoms with Crippen molar-refractivity contribution in [2.45, 2.75) is 6.92 Å². The lowest BCUT2D eigenvalue weighted by Crippen LogP contribution is -1.95. The third-order valence-corrected chi connectivity index (χ3v) is 4.61. The molecule has 0 aromatic heterocycles. The van der Waals surface area contributed by atoms with Gasteiger partial charge >= 0.3 is 0 Å². The number of thioether (sulfide) groups is 1. The summed E-state index contributed by atoms with van der Waals surface area (Å²) in [6.07, 6.45) is 1.81. The molecule has 2 aromatic rings. The molecule has 1 amide bonds. The lowest BCUT2D eigenvalue weighted by atomic mass is 10.1. The molecule has 0 N–H and O–H groups in total. The first kappa shape index (κ1) is 16.2. The molecule has 0 spiro atoms. The van der Waals surface area contributed by atoms with Crippen LogP contribution in [0.4, 0.5) is 0 Å². The Labute approximate surface area is 144 Å². The summed E-state index contributed by atoms with van der Waals surface area (Å²) in [6.45, 7) is 1.52. The van der Waals surface area contributed by atoms with Gasteiger partial charge in [0.15, 0.2) is 5.78 Å². The highest BCUT2D eigenvalue weighted by Crippen LogP contribution is 2.32. The number of Topliss-reactive ketones (excluding diaryl/α,β-unsaturated/α-hetero) is 1. The van der Waals surface area contributed by atoms with E-state index in [1.165, 1.54) is 18.7 Å². The van der Waals surface area contributed by atoms with E-state index >= 15 is 0 Å². The molecule has 5 heteroatoms. The van der Waals surface area contributed by atoms with Gasteiger partial charge in [-0.05, 0) is 30.7 Å². The van der Waals surface area contributed by atoms with E-state index in [1.54, 1.807) is 19.2 Å². The Kier molecular flexibility index (Phi) is 4.62. The summed E-state index contributed by atoms with van der Waals surface area (Å²) in [5.41, 5.74) is 2.38. The third-order valence-electron chi connectivity index (χ3n) is 3.57. The highest BCUT2D eigenvalue weighted by molar-refractivity contribution is 8.19. The Morgan fingerprint density at radius 2 is 1.75 bits per heavy atom. The molecular weight excluding hydrogens is 322 g/mol. The summed E-state index contributed by atoms with van der Waals surface area (Å²) in [7, 11) is 1.61. The Morgan fingerprint density at radius 3 is 2.33 bits per heavy atom. The van der Waals surface area contributed by atoms with Crippen molar-refractivity contribution in [2.24, 2.45) is 4.99 Å². The average Bonchev–Trinajstić information content (AvgIpc) is 2.96. The van der Waals surface area contributed by atoms with Gasteiger partial charge in [-0.2, -0.15) is 0 Å². The normalized spacial score (nSPS) is 15.5. The maximum absolute atomic E-state index is 12.1. The van der Waals surface area contributed by atoms with Crippen LogP contribution in [0.25, 0.3) is 6.08 Å². The minimum atomic E-state index is -0.249. The van der Waals surface area contributed by atoms with Gasteiger partial charge in [-0.25, -0.2) is 4.99 Å². The van der Waals surface area contributed by atoms with Crippen LogP contribution >= 0.6 is 11.8 Å². The molecule has 0 aliphatic carbocycles. The van der Waals surface area contributed by atoms with Gasteiger partial charge in [-0.15, -0.1) is 0 Å². The van der Waals surface area contributed by atoms with E-state index in [2.05, 4.69) is 4.99 Å². The fraction of sp³-hybridized carbons (Fsp3) is 0.105. The number of hydrogen-bond donors (Lipinski definition) is 0. The standard InChI is InChI=1S/C19H15NO3S/c1-12(21)14-5-7-15(8-6-14)19-20-18(22)17(24-19)11-13-3-9-16(23-2)10-4-13/h3-11H,1-2H3/b17-11-. The summed E-state index contributed by atoms with van der Waals surface area (Å²) in [6, 6.07) is 14.6. The number of ether oxygens (including phenoxy) is 1. The molecule has 0 unspecified atom stereocenters. The summed E-state index contributed by atoms with van der Waals surface area (Å²) in [4.78, 5) is 28.1. The van der Waals surface area contributed by atoms with Gasteiger partial charge in [0.1, 0.15) is 10.8 Å². The van der Waals surface area contributed by atoms with Crippen LogP contribution in [0.15, 0.2) is 58.4 Å². The number of ketones is 1. The van der Waals surface area contributed by atoms with Gasteiger partial charge in [-0.1, -0.05) is 48.2 Å². The van der Waals surface area contributed by atoms with Crippen molar-refractivity contribution in [1.29, 1.82) is 0 Å². The van der Waals surface area contributed by atoms with E-state index in [0.29, 0.717) is 15.5 Å². The van der Waals surface area contributed by atoms with Crippen molar-refractivity contribution in [1.82, 2.24) is 0 Å². The number of amides is 1. The number of nitrogens with zero attached hydrogens (tertiary/aromatic N) is 1. The second kappa shape index (κ2) is 6.84. The van der Waals surface area contributed by atoms with E-state index in [9.17, 15) is 9.59 Å². The minimum Gasteiger partial charge on any atom is -0.497 e. The summed E-state index contributed by atoms with van der Waals surface area (Å²) >= 11 is 1.34. The van der Waals surface area contributed by atoms with Crippen LogP contribution in [0, 0.1) is 0 Å². The first-order valence-corrected chi connectivity index (χ1v) is 8.16. The van der Waals surface area contributed by atoms with Gasteiger partial charge in [0.05, 0.1) is 12.0 Å². The monoisotopic (exact) mass is 337 g/mol. The average molecular weight is 337 g/mol. The van der Waals surface area contributed by atoms with Crippen molar-refractivity contribution >= 4 is 34.6 Å². The fourth-order valence-corrected chi connectivity index (χ4v) is 3.15. The summed E-state index contributed by atoms with van der Waals surface area (Å²) < 4.78 is 5.12. The number of aliphatic imine (C=N–C) groups is 1. The smallest absolute Gasteiger partial charge is 0.284 e. The largest absolute Gasteiger partial charge is 0.497 e. The van der Waals surface area contributed by atoms with Gasteiger partial charge in [0, 0.05) is 11.1 Å². The predicted octanol–water partition coefficient (Wildman–Crippen LogP) is 3.96. The number of benzene rings is 2. The van der Waals surface area contributed by atoms with Crippen LogP contribution in [-0.2, 0) is 4.79 Å². The molecule has 24 heavy (non-hydrogen) atoms. The number of hydrogen-bond acceptors (Lipinski definition) is 4. The quantitative estimate of drug-likeness (QED) is 0.626. The van der Waals surface area contributed by atoms with Crippen molar-refractivity contribution < 1.29 is 14.3 Å². The molecule has 2 aromatic carbocycles. The number of rotatable bonds is 4. The first-order valence-electron chi connectivity index (χ1n) is 7.35. The van der Waals surface area contributed by atoms with Crippen molar-refractivity contribution in [3.8, 4) is 5.75 Å². The molecule has 1 heterocycles. The van der Waals surface area contributed by atoms with Gasteiger partial charge in [0.2, 0.25) is 0 Å². The maximum Gasteiger partial charge on any atom is 0.284 e. The van der Waals surface area contributed by atoms with Crippen LogP contribution < -0.4 is 4.74 Å². The van der Waals surface area contributed by atoms with Crippen LogP contribution in [0.3, 0.4) is 0 Å². The topological polar surface area (TPSA) is 55.7 Å². The molecular formula is C19H15NO3S. The first-order chi connectivity index (χ1) is 11.6. The van der Waals surface area contributed by atoms with Gasteiger partial charge in [0.25, 0.3) is 5.91 Å². The molecule has 3 rings (SSSR count). The molecule has 0 saturated carbocycles. The summed E-state index contributed by atoms with van der Waals surface area (Å²) in [5, 5.41) is 0.648. The molecule has 1 aliphatic heterocycles. The second-order valence-corrected chi connectivity index (χ2v) is 6.27. The lowest BCUT2D eigenvalue weighted by molar-refractivity contribution is -0.113. The number of carbonyl (C=O) groups is 2. The van der Waals surface area contributed by atoms with Crippen LogP contribution in [-0.4, -0.2) is 23.8 Å². The molecule has 120 valence electrons. The van der Waals surface area contributed by atoms with Crippen molar-refractivity contribution in [2.75, 3.05) is 7.11 Å². The minimum absolute atomic E-state index is 0.0127. The van der Waals surface area contributed by atoms with Crippen LogP contribution in [0.1, 0.15) is 28.4 Å². The molecule has 4 nitrogen and oxygen atoms in total. The number of methoxy groups -OCH3 is 1. The molecule has 1 aliphatic rings. The molecule has 0 fully saturated rings. The predicted molar refractivity (Wildman–Crippen MR) is 96.6 cm³/mol. The Hall–Kier alpha value is -2.66. The molecule has 0 bridgehead atoms. The van der Waals surface area contributed by atoms with E-state index in [-0.39, 0.29) is 11.7 Å². The van der Waals surface area contributed by atoms with E-state index < -0.39 is 0 Å². The van der Waals surface area contributed by atoms with E-state index in [1.807, 2.05) is 42.5 Å². The highest BCUT2D eigenvalue weighted by atomic mass is 32.2. The van der Waals surface area contributed by atoms with Crippen LogP contribution in [0.5, 0.6) is 5.75 Å². The summed E-state index contributed by atoms with van der Waals surface area (Å²) in [5.74, 6) is 0.533. The Morgan fingerprint density at radius 1 is 1.08 bits per heavy atom. The second-order valence-electron chi connectivity index (χ2n) is 5.24. The zero-order valence-electron chi connectivity index (χ0n) is 13.3.